The van der Waals surface area contributed by atoms with E-state index in [-0.39, 0.29) is 25.0 Å². The number of amides is 2. The quantitative estimate of drug-likeness (QED) is 0.476. The standard InChI is InChI=1S/C25H32BrFN2O3/c1-16(2)13-28-25(31)18(5)29(14-20-8-6-7-9-22(20)27)24(30)15-32-23-11-10-19(17(3)4)12-21(23)26/h6-12,16-18H,13-15H2,1-5H3,(H,28,31)/t18-/m0/s1. The van der Waals surface area contributed by atoms with Gasteiger partial charge in [-0.2, -0.15) is 0 Å². The van der Waals surface area contributed by atoms with Gasteiger partial charge >= 0.3 is 0 Å². The van der Waals surface area contributed by atoms with E-state index in [2.05, 4.69) is 35.1 Å². The molecule has 7 heteroatoms. The van der Waals surface area contributed by atoms with E-state index < -0.39 is 17.8 Å². The topological polar surface area (TPSA) is 58.6 Å². The number of hydrogen-bond donors (Lipinski definition) is 1. The van der Waals surface area contributed by atoms with Gasteiger partial charge < -0.3 is 15.0 Å². The third-order valence-corrected chi connectivity index (χ3v) is 5.74. The van der Waals surface area contributed by atoms with E-state index in [0.29, 0.717) is 23.8 Å². The van der Waals surface area contributed by atoms with Gasteiger partial charge in [-0.15, -0.1) is 0 Å². The van der Waals surface area contributed by atoms with E-state index in [1.54, 1.807) is 25.1 Å². The van der Waals surface area contributed by atoms with Crippen LogP contribution in [0.15, 0.2) is 46.9 Å². The van der Waals surface area contributed by atoms with E-state index in [9.17, 15) is 14.0 Å². The molecule has 0 unspecified atom stereocenters. The molecule has 5 nitrogen and oxygen atoms in total. The van der Waals surface area contributed by atoms with Crippen LogP contribution in [-0.2, 0) is 16.1 Å². The highest BCUT2D eigenvalue weighted by Crippen LogP contribution is 2.29. The Hall–Kier alpha value is -2.41. The molecule has 0 saturated heterocycles. The van der Waals surface area contributed by atoms with Crippen LogP contribution < -0.4 is 10.1 Å². The summed E-state index contributed by atoms with van der Waals surface area (Å²) in [5.41, 5.74) is 1.49. The lowest BCUT2D eigenvalue weighted by atomic mass is 10.0. The van der Waals surface area contributed by atoms with Crippen molar-refractivity contribution in [2.45, 2.75) is 53.1 Å². The predicted octanol–water partition coefficient (Wildman–Crippen LogP) is 5.28. The Kier molecular flexibility index (Phi) is 9.69. The molecule has 2 aromatic carbocycles. The molecule has 1 atom stereocenters. The van der Waals surface area contributed by atoms with Crippen molar-refractivity contribution >= 4 is 27.7 Å². The monoisotopic (exact) mass is 506 g/mol. The normalized spacial score (nSPS) is 12.0. The number of hydrogen-bond acceptors (Lipinski definition) is 3. The average Bonchev–Trinajstić information content (AvgIpc) is 2.75. The maximum atomic E-state index is 14.3. The van der Waals surface area contributed by atoms with Gasteiger partial charge in [0, 0.05) is 18.7 Å². The molecule has 0 aliphatic rings. The van der Waals surface area contributed by atoms with Crippen molar-refractivity contribution in [1.82, 2.24) is 10.2 Å². The van der Waals surface area contributed by atoms with Crippen molar-refractivity contribution < 1.29 is 18.7 Å². The molecule has 0 spiro atoms. The summed E-state index contributed by atoms with van der Waals surface area (Å²) in [5, 5.41) is 2.84. The number of carbonyl (C=O) groups is 2. The second-order valence-corrected chi connectivity index (χ2v) is 9.42. The molecular formula is C25H32BrFN2O3. The lowest BCUT2D eigenvalue weighted by Gasteiger charge is -2.29. The molecular weight excluding hydrogens is 475 g/mol. The number of nitrogens with one attached hydrogen (secondary N) is 1. The van der Waals surface area contributed by atoms with Crippen LogP contribution in [0.3, 0.4) is 0 Å². The van der Waals surface area contributed by atoms with Crippen LogP contribution >= 0.6 is 15.9 Å². The fourth-order valence-electron chi connectivity index (χ4n) is 3.06. The Labute approximate surface area is 198 Å². The van der Waals surface area contributed by atoms with Gasteiger partial charge in [0.2, 0.25) is 5.91 Å². The smallest absolute Gasteiger partial charge is 0.261 e. The minimum absolute atomic E-state index is 0.0292. The zero-order chi connectivity index (χ0) is 23.8. The van der Waals surface area contributed by atoms with Crippen molar-refractivity contribution in [1.29, 1.82) is 0 Å². The summed E-state index contributed by atoms with van der Waals surface area (Å²) in [7, 11) is 0. The molecule has 2 rings (SSSR count). The SMILES string of the molecule is CC(C)CNC(=O)[C@H](C)N(Cc1ccccc1F)C(=O)COc1ccc(C(C)C)cc1Br. The number of carbonyl (C=O) groups excluding carboxylic acids is 2. The number of benzene rings is 2. The highest BCUT2D eigenvalue weighted by molar-refractivity contribution is 9.10. The molecule has 174 valence electrons. The van der Waals surface area contributed by atoms with Crippen molar-refractivity contribution in [2.75, 3.05) is 13.2 Å². The zero-order valence-corrected chi connectivity index (χ0v) is 20.9. The molecule has 0 aromatic heterocycles. The van der Waals surface area contributed by atoms with Crippen molar-refractivity contribution in [3.63, 3.8) is 0 Å². The zero-order valence-electron chi connectivity index (χ0n) is 19.3. The van der Waals surface area contributed by atoms with Crippen LogP contribution in [0.5, 0.6) is 5.75 Å². The van der Waals surface area contributed by atoms with Gasteiger partial charge in [0.1, 0.15) is 17.6 Å². The van der Waals surface area contributed by atoms with E-state index in [1.807, 2.05) is 32.0 Å². The van der Waals surface area contributed by atoms with Crippen LogP contribution in [0.25, 0.3) is 0 Å². The molecule has 32 heavy (non-hydrogen) atoms. The van der Waals surface area contributed by atoms with Gasteiger partial charge in [0.15, 0.2) is 6.61 Å². The van der Waals surface area contributed by atoms with Gasteiger partial charge in [-0.25, -0.2) is 4.39 Å². The molecule has 0 fully saturated rings. The summed E-state index contributed by atoms with van der Waals surface area (Å²) in [6.45, 7) is 10.0. The Balaban J connectivity index is 2.17. The minimum atomic E-state index is -0.781. The van der Waals surface area contributed by atoms with Crippen molar-refractivity contribution in [3.8, 4) is 5.75 Å². The number of halogens is 2. The first kappa shape index (κ1) is 25.8. The van der Waals surface area contributed by atoms with Gasteiger partial charge in [0.05, 0.1) is 4.47 Å². The summed E-state index contributed by atoms with van der Waals surface area (Å²) in [4.78, 5) is 27.1. The molecule has 0 radical (unpaired) electrons. The van der Waals surface area contributed by atoms with Crippen molar-refractivity contribution in [2.24, 2.45) is 5.92 Å². The largest absolute Gasteiger partial charge is 0.483 e. The summed E-state index contributed by atoms with van der Waals surface area (Å²) in [5.74, 6) is 0.0597. The lowest BCUT2D eigenvalue weighted by Crippen LogP contribution is -2.49. The van der Waals surface area contributed by atoms with Crippen LogP contribution in [-0.4, -0.2) is 35.9 Å². The minimum Gasteiger partial charge on any atom is -0.483 e. The fraction of sp³-hybridized carbons (Fsp3) is 0.440. The first-order valence-corrected chi connectivity index (χ1v) is 11.6. The Bertz CT molecular complexity index is 933. The molecule has 0 heterocycles. The summed E-state index contributed by atoms with van der Waals surface area (Å²) >= 11 is 3.49. The molecule has 2 amide bonds. The highest BCUT2D eigenvalue weighted by Gasteiger charge is 2.27. The summed E-state index contributed by atoms with van der Waals surface area (Å²) < 4.78 is 20.8. The van der Waals surface area contributed by atoms with Crippen LogP contribution in [0.2, 0.25) is 0 Å². The second-order valence-electron chi connectivity index (χ2n) is 8.56. The fourth-order valence-corrected chi connectivity index (χ4v) is 3.57. The third kappa shape index (κ3) is 7.33. The molecule has 0 aliphatic heterocycles. The molecule has 0 saturated carbocycles. The second kappa shape index (κ2) is 12.0. The first-order valence-electron chi connectivity index (χ1n) is 10.8. The summed E-state index contributed by atoms with van der Waals surface area (Å²) in [6, 6.07) is 11.2. The van der Waals surface area contributed by atoms with Gasteiger partial charge in [-0.1, -0.05) is 52.0 Å². The van der Waals surface area contributed by atoms with Crippen LogP contribution in [0, 0.1) is 11.7 Å². The maximum absolute atomic E-state index is 14.3. The van der Waals surface area contributed by atoms with Crippen LogP contribution in [0.1, 0.15) is 51.7 Å². The van der Waals surface area contributed by atoms with E-state index in [0.717, 1.165) is 10.0 Å². The number of nitrogens with zero attached hydrogens (tertiary/aromatic N) is 1. The summed E-state index contributed by atoms with van der Waals surface area (Å²) in [6.07, 6.45) is 0. The molecule has 0 aliphatic carbocycles. The Morgan fingerprint density at radius 3 is 2.38 bits per heavy atom. The number of rotatable bonds is 10. The highest BCUT2D eigenvalue weighted by atomic mass is 79.9. The maximum Gasteiger partial charge on any atom is 0.261 e. The lowest BCUT2D eigenvalue weighted by molar-refractivity contribution is -0.142. The van der Waals surface area contributed by atoms with Gasteiger partial charge in [-0.3, -0.25) is 9.59 Å². The number of ether oxygens (including phenoxy) is 1. The van der Waals surface area contributed by atoms with E-state index >= 15 is 0 Å². The van der Waals surface area contributed by atoms with Gasteiger partial charge in [-0.05, 0) is 58.5 Å². The average molecular weight is 507 g/mol. The predicted molar refractivity (Wildman–Crippen MR) is 128 cm³/mol. The van der Waals surface area contributed by atoms with E-state index in [1.165, 1.54) is 11.0 Å². The van der Waals surface area contributed by atoms with Gasteiger partial charge in [0.25, 0.3) is 5.91 Å². The Morgan fingerprint density at radius 2 is 1.78 bits per heavy atom. The third-order valence-electron chi connectivity index (χ3n) is 5.12. The van der Waals surface area contributed by atoms with Crippen LogP contribution in [0.4, 0.5) is 4.39 Å². The molecule has 2 aromatic rings. The van der Waals surface area contributed by atoms with Crippen molar-refractivity contribution in [3.05, 3.63) is 63.9 Å². The Morgan fingerprint density at radius 1 is 1.09 bits per heavy atom. The molecule has 1 N–H and O–H groups in total. The van der Waals surface area contributed by atoms with E-state index in [4.69, 9.17) is 4.74 Å². The molecule has 0 bridgehead atoms. The first-order chi connectivity index (χ1) is 15.1.